The highest BCUT2D eigenvalue weighted by Gasteiger charge is 2.29. The zero-order valence-electron chi connectivity index (χ0n) is 10.2. The number of aromatic nitrogens is 1. The number of hydrogen-bond acceptors (Lipinski definition) is 4. The average molecular weight is 259 g/mol. The van der Waals surface area contributed by atoms with Crippen LogP contribution in [-0.4, -0.2) is 15.9 Å². The van der Waals surface area contributed by atoms with E-state index in [2.05, 4.69) is 33.5 Å². The van der Waals surface area contributed by atoms with E-state index >= 15 is 0 Å². The van der Waals surface area contributed by atoms with E-state index in [9.17, 15) is 0 Å². The molecule has 0 spiro atoms. The van der Waals surface area contributed by atoms with Gasteiger partial charge in [-0.25, -0.2) is 4.98 Å². The number of hydrogen-bond donors (Lipinski definition) is 1. The molecule has 18 heavy (non-hydrogen) atoms. The Morgan fingerprint density at radius 2 is 2.17 bits per heavy atom. The molecule has 1 aliphatic carbocycles. The molecule has 0 saturated heterocycles. The minimum atomic E-state index is 0.593. The maximum absolute atomic E-state index is 5.62. The Morgan fingerprint density at radius 3 is 2.78 bits per heavy atom. The van der Waals surface area contributed by atoms with Crippen molar-refractivity contribution in [1.29, 1.82) is 0 Å². The summed E-state index contributed by atoms with van der Waals surface area (Å²) >= 11 is 1.83. The third-order valence-corrected chi connectivity index (χ3v) is 4.10. The molecular weight excluding hydrogens is 242 g/mol. The highest BCUT2D eigenvalue weighted by Crippen LogP contribution is 2.30. The van der Waals surface area contributed by atoms with Crippen molar-refractivity contribution in [2.45, 2.75) is 32.0 Å². The van der Waals surface area contributed by atoms with Crippen LogP contribution in [-0.2, 0) is 13.1 Å². The van der Waals surface area contributed by atoms with Gasteiger partial charge < -0.3 is 5.73 Å². The predicted molar refractivity (Wildman–Crippen MR) is 75.2 cm³/mol. The maximum Gasteiger partial charge on any atom is 0.123 e. The van der Waals surface area contributed by atoms with E-state index in [1.165, 1.54) is 23.3 Å². The Labute approximate surface area is 111 Å². The van der Waals surface area contributed by atoms with Crippen LogP contribution in [0.2, 0.25) is 0 Å². The molecule has 1 saturated carbocycles. The average Bonchev–Trinajstić information content (AvgIpc) is 3.10. The van der Waals surface area contributed by atoms with Crippen molar-refractivity contribution in [3.8, 4) is 0 Å². The molecule has 2 N–H and O–H groups in total. The zero-order valence-corrected chi connectivity index (χ0v) is 11.1. The third-order valence-electron chi connectivity index (χ3n) is 3.24. The van der Waals surface area contributed by atoms with Crippen molar-refractivity contribution in [2.24, 2.45) is 0 Å². The summed E-state index contributed by atoms with van der Waals surface area (Å²) < 4.78 is 0. The van der Waals surface area contributed by atoms with E-state index < -0.39 is 0 Å². The molecule has 3 rings (SSSR count). The minimum absolute atomic E-state index is 0.593. The smallest absolute Gasteiger partial charge is 0.123 e. The van der Waals surface area contributed by atoms with Gasteiger partial charge in [0.1, 0.15) is 5.82 Å². The van der Waals surface area contributed by atoms with Crippen LogP contribution in [0.3, 0.4) is 0 Å². The van der Waals surface area contributed by atoms with Crippen molar-refractivity contribution in [3.05, 3.63) is 46.3 Å². The Bertz CT molecular complexity index is 488. The molecule has 1 aliphatic rings. The van der Waals surface area contributed by atoms with Crippen molar-refractivity contribution < 1.29 is 0 Å². The van der Waals surface area contributed by atoms with E-state index in [-0.39, 0.29) is 0 Å². The van der Waals surface area contributed by atoms with Crippen molar-refractivity contribution in [1.82, 2.24) is 9.88 Å². The molecule has 0 aliphatic heterocycles. The molecule has 0 amide bonds. The standard InChI is InChI=1S/C14H17N3S/c15-14-6-3-11(8-16-14)9-17(12-4-5-12)10-13-2-1-7-18-13/h1-3,6-8,12H,4-5,9-10H2,(H2,15,16). The number of thiophene rings is 1. The summed E-state index contributed by atoms with van der Waals surface area (Å²) in [7, 11) is 0. The first-order chi connectivity index (χ1) is 8.81. The Hall–Kier alpha value is -1.39. The summed E-state index contributed by atoms with van der Waals surface area (Å²) in [5.74, 6) is 0.593. The van der Waals surface area contributed by atoms with Crippen LogP contribution in [0.25, 0.3) is 0 Å². The molecule has 2 aromatic rings. The van der Waals surface area contributed by atoms with Crippen molar-refractivity contribution in [3.63, 3.8) is 0 Å². The van der Waals surface area contributed by atoms with Crippen molar-refractivity contribution >= 4 is 17.2 Å². The van der Waals surface area contributed by atoms with Gasteiger partial charge in [0.25, 0.3) is 0 Å². The largest absolute Gasteiger partial charge is 0.384 e. The number of nitrogen functional groups attached to an aromatic ring is 1. The number of rotatable bonds is 5. The molecule has 3 nitrogen and oxygen atoms in total. The maximum atomic E-state index is 5.62. The van der Waals surface area contributed by atoms with Crippen LogP contribution in [0.5, 0.6) is 0 Å². The van der Waals surface area contributed by atoms with E-state index in [4.69, 9.17) is 5.73 Å². The van der Waals surface area contributed by atoms with Crippen LogP contribution < -0.4 is 5.73 Å². The lowest BCUT2D eigenvalue weighted by Gasteiger charge is -2.21. The summed E-state index contributed by atoms with van der Waals surface area (Å²) in [6.07, 6.45) is 4.54. The number of nitrogens with zero attached hydrogens (tertiary/aromatic N) is 2. The van der Waals surface area contributed by atoms with Gasteiger partial charge in [-0.3, -0.25) is 4.90 Å². The molecular formula is C14H17N3S. The second-order valence-electron chi connectivity index (χ2n) is 4.81. The first-order valence-corrected chi connectivity index (χ1v) is 7.16. The van der Waals surface area contributed by atoms with Crippen LogP contribution >= 0.6 is 11.3 Å². The molecule has 0 aromatic carbocycles. The molecule has 0 atom stereocenters. The lowest BCUT2D eigenvalue weighted by atomic mass is 10.2. The molecule has 4 heteroatoms. The molecule has 0 bridgehead atoms. The molecule has 0 radical (unpaired) electrons. The lowest BCUT2D eigenvalue weighted by Crippen LogP contribution is -2.24. The second-order valence-corrected chi connectivity index (χ2v) is 5.84. The molecule has 2 heterocycles. The van der Waals surface area contributed by atoms with Crippen LogP contribution in [0.15, 0.2) is 35.8 Å². The van der Waals surface area contributed by atoms with Gasteiger partial charge in [0.15, 0.2) is 0 Å². The summed E-state index contributed by atoms with van der Waals surface area (Å²) in [4.78, 5) is 8.14. The van der Waals surface area contributed by atoms with Gasteiger partial charge in [0.05, 0.1) is 0 Å². The van der Waals surface area contributed by atoms with Crippen molar-refractivity contribution in [2.75, 3.05) is 5.73 Å². The summed E-state index contributed by atoms with van der Waals surface area (Å²) in [5.41, 5.74) is 6.86. The molecule has 1 fully saturated rings. The SMILES string of the molecule is Nc1ccc(CN(Cc2cccs2)C2CC2)cn1. The molecule has 2 aromatic heterocycles. The van der Waals surface area contributed by atoms with Crippen LogP contribution in [0.4, 0.5) is 5.82 Å². The van der Waals surface area contributed by atoms with Gasteiger partial charge in [0.2, 0.25) is 0 Å². The van der Waals surface area contributed by atoms with E-state index in [1.54, 1.807) is 0 Å². The highest BCUT2D eigenvalue weighted by molar-refractivity contribution is 7.09. The summed E-state index contributed by atoms with van der Waals surface area (Å²) in [6, 6.07) is 9.04. The van der Waals surface area contributed by atoms with Gasteiger partial charge in [-0.2, -0.15) is 0 Å². The van der Waals surface area contributed by atoms with Gasteiger partial charge in [0, 0.05) is 30.2 Å². The van der Waals surface area contributed by atoms with Gasteiger partial charge in [-0.1, -0.05) is 12.1 Å². The molecule has 0 unspecified atom stereocenters. The number of anilines is 1. The Kier molecular flexibility index (Phi) is 3.30. The fourth-order valence-corrected chi connectivity index (χ4v) is 2.85. The van der Waals surface area contributed by atoms with Crippen LogP contribution in [0, 0.1) is 0 Å². The lowest BCUT2D eigenvalue weighted by molar-refractivity contribution is 0.248. The van der Waals surface area contributed by atoms with Gasteiger partial charge in [-0.15, -0.1) is 11.3 Å². The summed E-state index contributed by atoms with van der Waals surface area (Å²) in [5, 5.41) is 2.14. The number of pyridine rings is 1. The quantitative estimate of drug-likeness (QED) is 0.897. The Balaban J connectivity index is 1.68. The summed E-state index contributed by atoms with van der Waals surface area (Å²) in [6.45, 7) is 2.02. The van der Waals surface area contributed by atoms with Gasteiger partial charge in [-0.05, 0) is 35.9 Å². The topological polar surface area (TPSA) is 42.1 Å². The van der Waals surface area contributed by atoms with Crippen LogP contribution in [0.1, 0.15) is 23.3 Å². The van der Waals surface area contributed by atoms with E-state index in [0.717, 1.165) is 19.1 Å². The fourth-order valence-electron chi connectivity index (χ4n) is 2.12. The first-order valence-electron chi connectivity index (χ1n) is 6.28. The van der Waals surface area contributed by atoms with E-state index in [1.807, 2.05) is 23.6 Å². The fraction of sp³-hybridized carbons (Fsp3) is 0.357. The van der Waals surface area contributed by atoms with Gasteiger partial charge >= 0.3 is 0 Å². The Morgan fingerprint density at radius 1 is 1.28 bits per heavy atom. The number of nitrogens with two attached hydrogens (primary N) is 1. The predicted octanol–water partition coefficient (Wildman–Crippen LogP) is 2.89. The zero-order chi connectivity index (χ0) is 12.4. The van der Waals surface area contributed by atoms with E-state index in [0.29, 0.717) is 5.82 Å². The molecule has 94 valence electrons. The minimum Gasteiger partial charge on any atom is -0.384 e. The normalized spacial score (nSPS) is 15.2. The highest BCUT2D eigenvalue weighted by atomic mass is 32.1. The third kappa shape index (κ3) is 2.89. The monoisotopic (exact) mass is 259 g/mol. The second kappa shape index (κ2) is 5.08. The first kappa shape index (κ1) is 11.7.